The van der Waals surface area contributed by atoms with Gasteiger partial charge in [0.05, 0.1) is 28.2 Å². The summed E-state index contributed by atoms with van der Waals surface area (Å²) in [7, 11) is 0. The quantitative estimate of drug-likeness (QED) is 0.309. The Morgan fingerprint density at radius 1 is 0.979 bits per heavy atom. The molecule has 0 spiro atoms. The zero-order valence-corrected chi connectivity index (χ0v) is 27.2. The van der Waals surface area contributed by atoms with Crippen LogP contribution in [0.25, 0.3) is 16.6 Å². The molecular weight excluding hydrogens is 598 g/mol. The number of fused-ring (bicyclic) bond motifs is 5. The van der Waals surface area contributed by atoms with Crippen molar-refractivity contribution in [3.8, 4) is 5.69 Å². The summed E-state index contributed by atoms with van der Waals surface area (Å²) in [6.07, 6.45) is 0.183. The Balaban J connectivity index is 0.00000433. The number of anilines is 1. The summed E-state index contributed by atoms with van der Waals surface area (Å²) >= 11 is 0. The number of para-hydroxylation sites is 3. The van der Waals surface area contributed by atoms with Crippen LogP contribution in [0, 0.1) is 5.92 Å². The van der Waals surface area contributed by atoms with Crippen molar-refractivity contribution in [2.75, 3.05) is 11.4 Å². The van der Waals surface area contributed by atoms with Gasteiger partial charge in [-0.15, -0.1) is 0 Å². The van der Waals surface area contributed by atoms with Crippen molar-refractivity contribution in [2.45, 2.75) is 71.1 Å². The van der Waals surface area contributed by atoms with Crippen LogP contribution in [0.1, 0.15) is 81.2 Å². The number of nitrogens with one attached hydrogen (secondary N) is 2. The molecule has 11 heteroatoms. The Morgan fingerprint density at radius 2 is 1.64 bits per heavy atom. The molecule has 246 valence electrons. The molecule has 47 heavy (non-hydrogen) atoms. The van der Waals surface area contributed by atoms with E-state index in [2.05, 4.69) is 10.6 Å². The van der Waals surface area contributed by atoms with Crippen LogP contribution in [0.3, 0.4) is 0 Å². The number of nitrogens with zero attached hydrogens (tertiary/aromatic N) is 3. The maximum Gasteiger partial charge on any atom is 0.408 e. The van der Waals surface area contributed by atoms with Crippen molar-refractivity contribution < 1.29 is 24.6 Å². The Morgan fingerprint density at radius 3 is 2.36 bits per heavy atom. The van der Waals surface area contributed by atoms with E-state index in [4.69, 9.17) is 9.72 Å². The van der Waals surface area contributed by atoms with Crippen molar-refractivity contribution in [1.82, 2.24) is 20.2 Å². The van der Waals surface area contributed by atoms with Gasteiger partial charge >= 0.3 is 6.09 Å². The van der Waals surface area contributed by atoms with Crippen LogP contribution in [0.4, 0.5) is 10.5 Å². The molecule has 2 aliphatic heterocycles. The molecule has 0 aliphatic carbocycles. The summed E-state index contributed by atoms with van der Waals surface area (Å²) < 4.78 is 7.03. The van der Waals surface area contributed by atoms with Gasteiger partial charge in [-0.3, -0.25) is 19.0 Å². The Labute approximate surface area is 273 Å². The summed E-state index contributed by atoms with van der Waals surface area (Å²) in [5, 5.41) is 6.42. The van der Waals surface area contributed by atoms with Crippen LogP contribution in [-0.4, -0.2) is 51.1 Å². The van der Waals surface area contributed by atoms with Gasteiger partial charge in [0.15, 0.2) is 0 Å². The van der Waals surface area contributed by atoms with E-state index >= 15 is 0 Å². The third-order valence-electron chi connectivity index (χ3n) is 8.36. The first-order chi connectivity index (χ1) is 21.9. The average Bonchev–Trinajstić information content (AvgIpc) is 3.31. The van der Waals surface area contributed by atoms with Crippen molar-refractivity contribution >= 4 is 34.5 Å². The van der Waals surface area contributed by atoms with E-state index in [1.807, 2.05) is 44.2 Å². The third kappa shape index (κ3) is 6.62. The van der Waals surface area contributed by atoms with Crippen LogP contribution >= 0.6 is 0 Å². The van der Waals surface area contributed by atoms with Crippen LogP contribution in [0.5, 0.6) is 0 Å². The van der Waals surface area contributed by atoms with E-state index in [-0.39, 0.29) is 34.7 Å². The number of alkyl carbamates (subject to hydrolysis) is 1. The SMILES string of the molecule is CC(C)C[C@@H](NC(=O)OC(C)(C)C)C(=O)N1CC(CC2NC(=O)c3ccccc3-n3c2nc2ccccc2c3=O)c2ccccc21.O. The van der Waals surface area contributed by atoms with Crippen molar-refractivity contribution in [3.05, 3.63) is 100 Å². The minimum atomic E-state index is -0.791. The summed E-state index contributed by atoms with van der Waals surface area (Å²) in [5.41, 5.74) is 2.16. The van der Waals surface area contributed by atoms with E-state index in [0.29, 0.717) is 47.4 Å². The number of hydrogen-bond acceptors (Lipinski definition) is 6. The lowest BCUT2D eigenvalue weighted by atomic mass is 9.93. The second kappa shape index (κ2) is 13.0. The minimum Gasteiger partial charge on any atom is -0.444 e. The first-order valence-corrected chi connectivity index (χ1v) is 15.7. The third-order valence-corrected chi connectivity index (χ3v) is 8.36. The van der Waals surface area contributed by atoms with Gasteiger partial charge in [0.25, 0.3) is 11.5 Å². The van der Waals surface area contributed by atoms with Gasteiger partial charge < -0.3 is 25.7 Å². The smallest absolute Gasteiger partial charge is 0.408 e. The number of rotatable bonds is 6. The van der Waals surface area contributed by atoms with E-state index in [0.717, 1.165) is 11.3 Å². The maximum absolute atomic E-state index is 14.2. The van der Waals surface area contributed by atoms with Gasteiger partial charge in [0.1, 0.15) is 17.5 Å². The van der Waals surface area contributed by atoms with Crippen molar-refractivity contribution in [1.29, 1.82) is 0 Å². The van der Waals surface area contributed by atoms with Crippen molar-refractivity contribution in [3.63, 3.8) is 0 Å². The molecule has 1 aromatic heterocycles. The molecular formula is C36H41N5O6. The summed E-state index contributed by atoms with van der Waals surface area (Å²) in [4.78, 5) is 61.1. The van der Waals surface area contributed by atoms with Crippen LogP contribution in [-0.2, 0) is 9.53 Å². The molecule has 0 saturated heterocycles. The molecule has 2 aliphatic rings. The van der Waals surface area contributed by atoms with Gasteiger partial charge in [0, 0.05) is 18.2 Å². The molecule has 0 fully saturated rings. The summed E-state index contributed by atoms with van der Waals surface area (Å²) in [5.74, 6) is -0.144. The summed E-state index contributed by atoms with van der Waals surface area (Å²) in [6.45, 7) is 9.67. The van der Waals surface area contributed by atoms with E-state index < -0.39 is 23.8 Å². The molecule has 6 rings (SSSR count). The number of ether oxygens (including phenoxy) is 1. The Kier molecular flexibility index (Phi) is 9.22. The van der Waals surface area contributed by atoms with Gasteiger partial charge in [-0.2, -0.15) is 0 Å². The van der Waals surface area contributed by atoms with Crippen LogP contribution in [0.2, 0.25) is 0 Å². The molecule has 2 unspecified atom stereocenters. The maximum atomic E-state index is 14.2. The second-order valence-corrected chi connectivity index (χ2v) is 13.4. The molecule has 3 aromatic carbocycles. The number of amides is 3. The fourth-order valence-electron chi connectivity index (χ4n) is 6.46. The lowest BCUT2D eigenvalue weighted by molar-refractivity contribution is -0.121. The number of benzene rings is 3. The predicted octanol–water partition coefficient (Wildman–Crippen LogP) is 4.81. The Bertz CT molecular complexity index is 1900. The zero-order chi connectivity index (χ0) is 32.7. The molecule has 3 heterocycles. The highest BCUT2D eigenvalue weighted by atomic mass is 16.6. The van der Waals surface area contributed by atoms with Gasteiger partial charge in [-0.25, -0.2) is 9.78 Å². The number of carbonyl (C=O) groups is 3. The molecule has 3 atom stereocenters. The number of hydrogen-bond donors (Lipinski definition) is 2. The Hall–Kier alpha value is -5.03. The lowest BCUT2D eigenvalue weighted by Crippen LogP contribution is -2.50. The highest BCUT2D eigenvalue weighted by Crippen LogP contribution is 2.42. The van der Waals surface area contributed by atoms with E-state index in [1.54, 1.807) is 72.7 Å². The average molecular weight is 640 g/mol. The monoisotopic (exact) mass is 639 g/mol. The topological polar surface area (TPSA) is 154 Å². The predicted molar refractivity (Wildman–Crippen MR) is 180 cm³/mol. The molecule has 4 N–H and O–H groups in total. The van der Waals surface area contributed by atoms with Gasteiger partial charge in [-0.05, 0) is 75.4 Å². The highest BCUT2D eigenvalue weighted by Gasteiger charge is 2.39. The first-order valence-electron chi connectivity index (χ1n) is 15.7. The first kappa shape index (κ1) is 33.3. The zero-order valence-electron chi connectivity index (χ0n) is 27.2. The van der Waals surface area contributed by atoms with Gasteiger partial charge in [-0.1, -0.05) is 56.3 Å². The van der Waals surface area contributed by atoms with E-state index in [1.165, 1.54) is 0 Å². The molecule has 3 amide bonds. The fraction of sp³-hybridized carbons (Fsp3) is 0.361. The van der Waals surface area contributed by atoms with Crippen LogP contribution in [0.15, 0.2) is 77.6 Å². The lowest BCUT2D eigenvalue weighted by Gasteiger charge is -2.28. The van der Waals surface area contributed by atoms with Crippen LogP contribution < -0.4 is 21.1 Å². The fourth-order valence-corrected chi connectivity index (χ4v) is 6.46. The number of carbonyl (C=O) groups excluding carboxylic acids is 3. The molecule has 0 saturated carbocycles. The normalized spacial score (nSPS) is 17.5. The standard InChI is InChI=1S/C36H39N5O5.H2O/c1-21(2)18-28(39-35(45)46-36(3,4)5)34(44)40-20-22(23-12-7-10-16-29(23)40)19-27-31-37-26-15-9-6-13-24(26)33(43)41(31)30-17-11-8-14-25(30)32(42)38-27;/h6-17,21-22,27-28H,18-20H2,1-5H3,(H,38,42)(H,39,45);1H2/t22?,27?,28-;/m1./s1. The second-order valence-electron chi connectivity index (χ2n) is 13.4. The molecule has 4 aromatic rings. The highest BCUT2D eigenvalue weighted by molar-refractivity contribution is 6.01. The van der Waals surface area contributed by atoms with E-state index in [9.17, 15) is 19.2 Å². The van der Waals surface area contributed by atoms with Crippen molar-refractivity contribution in [2.24, 2.45) is 5.92 Å². The molecule has 0 bridgehead atoms. The molecule has 0 radical (unpaired) electrons. The van der Waals surface area contributed by atoms with Gasteiger partial charge in [0.2, 0.25) is 5.91 Å². The molecule has 11 nitrogen and oxygen atoms in total. The minimum absolute atomic E-state index is 0. The summed E-state index contributed by atoms with van der Waals surface area (Å²) in [6, 6.07) is 20.5. The number of aromatic nitrogens is 2. The largest absolute Gasteiger partial charge is 0.444 e.